The van der Waals surface area contributed by atoms with E-state index >= 15 is 0 Å². The van der Waals surface area contributed by atoms with E-state index in [4.69, 9.17) is 5.26 Å². The van der Waals surface area contributed by atoms with Crippen LogP contribution in [-0.2, 0) is 6.42 Å². The molecule has 0 amide bonds. The Morgan fingerprint density at radius 3 is 2.50 bits per heavy atom. The van der Waals surface area contributed by atoms with Gasteiger partial charge in [-0.15, -0.1) is 0 Å². The third kappa shape index (κ3) is 2.25. The second kappa shape index (κ2) is 4.35. The third-order valence-electron chi connectivity index (χ3n) is 1.67. The molecule has 0 heterocycles. The van der Waals surface area contributed by atoms with E-state index in [1.807, 2.05) is 37.3 Å². The fraction of sp³-hybridized carbons (Fsp3) is 0.182. The maximum absolute atomic E-state index is 8.54. The molecule has 60 valence electrons. The lowest BCUT2D eigenvalue weighted by molar-refractivity contribution is 1.26. The van der Waals surface area contributed by atoms with E-state index in [1.165, 1.54) is 5.56 Å². The van der Waals surface area contributed by atoms with E-state index in [1.54, 1.807) is 0 Å². The Hall–Kier alpha value is -1.55. The lowest BCUT2D eigenvalue weighted by Gasteiger charge is -1.94. The molecule has 1 heteroatoms. The zero-order valence-corrected chi connectivity index (χ0v) is 7.12. The average molecular weight is 157 g/mol. The Kier molecular flexibility index (Phi) is 3.10. The fourth-order valence-electron chi connectivity index (χ4n) is 0.969. The van der Waals surface area contributed by atoms with E-state index in [0.717, 1.165) is 12.0 Å². The topological polar surface area (TPSA) is 23.8 Å². The molecule has 0 aliphatic carbocycles. The lowest BCUT2D eigenvalue weighted by Crippen LogP contribution is -1.80. The molecule has 0 bridgehead atoms. The first-order chi connectivity index (χ1) is 5.86. The highest BCUT2D eigenvalue weighted by Gasteiger charge is 1.90. The van der Waals surface area contributed by atoms with Crippen LogP contribution in [0.25, 0.3) is 0 Å². The molecule has 12 heavy (non-hydrogen) atoms. The molecule has 0 aromatic heterocycles. The van der Waals surface area contributed by atoms with Crippen molar-refractivity contribution in [2.45, 2.75) is 13.3 Å². The van der Waals surface area contributed by atoms with Crippen molar-refractivity contribution in [3.8, 4) is 6.07 Å². The van der Waals surface area contributed by atoms with Gasteiger partial charge >= 0.3 is 0 Å². The minimum absolute atomic E-state index is 0.722. The van der Waals surface area contributed by atoms with Gasteiger partial charge in [0.05, 0.1) is 11.6 Å². The molecule has 0 N–H and O–H groups in total. The molecule has 1 nitrogen and oxygen atoms in total. The summed E-state index contributed by atoms with van der Waals surface area (Å²) in [5.74, 6) is 0. The first kappa shape index (κ1) is 8.55. The second-order valence-corrected chi connectivity index (χ2v) is 2.58. The van der Waals surface area contributed by atoms with Crippen molar-refractivity contribution in [3.05, 3.63) is 47.5 Å². The van der Waals surface area contributed by atoms with Crippen molar-refractivity contribution in [1.82, 2.24) is 0 Å². The Morgan fingerprint density at radius 2 is 2.00 bits per heavy atom. The summed E-state index contributed by atoms with van der Waals surface area (Å²) in [7, 11) is 0. The van der Waals surface area contributed by atoms with Gasteiger partial charge in [-0.2, -0.15) is 5.26 Å². The zero-order chi connectivity index (χ0) is 8.81. The van der Waals surface area contributed by atoms with E-state index in [9.17, 15) is 0 Å². The largest absolute Gasteiger partial charge is 0.192 e. The van der Waals surface area contributed by atoms with Crippen molar-refractivity contribution in [3.63, 3.8) is 0 Å². The lowest BCUT2D eigenvalue weighted by atomic mass is 10.1. The quantitative estimate of drug-likeness (QED) is 0.605. The molecule has 0 atom stereocenters. The molecular weight excluding hydrogens is 146 g/mol. The van der Waals surface area contributed by atoms with E-state index in [0.29, 0.717) is 0 Å². The van der Waals surface area contributed by atoms with Gasteiger partial charge < -0.3 is 0 Å². The molecule has 0 radical (unpaired) electrons. The van der Waals surface area contributed by atoms with Gasteiger partial charge in [-0.05, 0) is 31.0 Å². The van der Waals surface area contributed by atoms with Gasteiger partial charge in [0.15, 0.2) is 0 Å². The summed E-state index contributed by atoms with van der Waals surface area (Å²) in [6, 6.07) is 9.75. The average Bonchev–Trinajstić information content (AvgIpc) is 2.15. The molecule has 1 aromatic carbocycles. The molecule has 1 rings (SSSR count). The van der Waals surface area contributed by atoms with Crippen molar-refractivity contribution >= 4 is 0 Å². The molecule has 1 aromatic rings. The number of allylic oxidation sites excluding steroid dienone is 2. The molecule has 0 aliphatic rings. The van der Waals surface area contributed by atoms with E-state index < -0.39 is 0 Å². The van der Waals surface area contributed by atoms with Gasteiger partial charge in [-0.25, -0.2) is 0 Å². The number of nitriles is 1. The van der Waals surface area contributed by atoms with Crippen LogP contribution in [0.2, 0.25) is 0 Å². The summed E-state index contributed by atoms with van der Waals surface area (Å²) in [6.45, 7) is 2.00. The van der Waals surface area contributed by atoms with Gasteiger partial charge in [0.25, 0.3) is 0 Å². The number of rotatable bonds is 2. The Balaban J connectivity index is 2.73. The van der Waals surface area contributed by atoms with Crippen LogP contribution in [-0.4, -0.2) is 0 Å². The predicted molar refractivity (Wildman–Crippen MR) is 49.7 cm³/mol. The van der Waals surface area contributed by atoms with Gasteiger partial charge in [-0.1, -0.05) is 24.3 Å². The summed E-state index contributed by atoms with van der Waals surface area (Å²) < 4.78 is 0. The van der Waals surface area contributed by atoms with Gasteiger partial charge in [0.1, 0.15) is 0 Å². The molecule has 0 saturated heterocycles. The van der Waals surface area contributed by atoms with Crippen LogP contribution >= 0.6 is 0 Å². The molecule has 0 saturated carbocycles. The van der Waals surface area contributed by atoms with Crippen molar-refractivity contribution in [1.29, 1.82) is 5.26 Å². The van der Waals surface area contributed by atoms with Crippen LogP contribution < -0.4 is 0 Å². The van der Waals surface area contributed by atoms with Crippen LogP contribution in [0.4, 0.5) is 0 Å². The number of hydrogen-bond donors (Lipinski definition) is 0. The standard InChI is InChI=1S/C11H11N/c1-2-3-4-10-5-7-11(9-12)8-6-10/h2-3,5-8H,4H2,1H3/b3-2+. The van der Waals surface area contributed by atoms with Crippen LogP contribution in [0.1, 0.15) is 18.1 Å². The van der Waals surface area contributed by atoms with Crippen molar-refractivity contribution in [2.75, 3.05) is 0 Å². The Bertz CT molecular complexity index is 301. The zero-order valence-electron chi connectivity index (χ0n) is 7.12. The predicted octanol–water partition coefficient (Wildman–Crippen LogP) is 2.68. The highest BCUT2D eigenvalue weighted by Crippen LogP contribution is 2.04. The molecular formula is C11H11N. The smallest absolute Gasteiger partial charge is 0.0991 e. The SMILES string of the molecule is C/C=C/Cc1ccc(C#N)cc1. The van der Waals surface area contributed by atoms with Crippen LogP contribution in [0.15, 0.2) is 36.4 Å². The highest BCUT2D eigenvalue weighted by molar-refractivity contribution is 5.32. The van der Waals surface area contributed by atoms with Gasteiger partial charge in [0, 0.05) is 0 Å². The number of nitrogens with zero attached hydrogens (tertiary/aromatic N) is 1. The summed E-state index contributed by atoms with van der Waals surface area (Å²) in [4.78, 5) is 0. The van der Waals surface area contributed by atoms with Crippen LogP contribution in [0, 0.1) is 11.3 Å². The number of hydrogen-bond acceptors (Lipinski definition) is 1. The summed E-state index contributed by atoms with van der Waals surface area (Å²) >= 11 is 0. The first-order valence-corrected chi connectivity index (χ1v) is 3.97. The van der Waals surface area contributed by atoms with E-state index in [2.05, 4.69) is 12.1 Å². The normalized spacial score (nSPS) is 10.0. The maximum atomic E-state index is 8.54. The molecule has 0 spiro atoms. The molecule has 0 aliphatic heterocycles. The highest BCUT2D eigenvalue weighted by atomic mass is 14.2. The minimum atomic E-state index is 0.722. The third-order valence-corrected chi connectivity index (χ3v) is 1.67. The van der Waals surface area contributed by atoms with Crippen LogP contribution in [0.5, 0.6) is 0 Å². The fourth-order valence-corrected chi connectivity index (χ4v) is 0.969. The van der Waals surface area contributed by atoms with Crippen molar-refractivity contribution < 1.29 is 0 Å². The minimum Gasteiger partial charge on any atom is -0.192 e. The Labute approximate surface area is 73.0 Å². The monoisotopic (exact) mass is 157 g/mol. The summed E-state index contributed by atoms with van der Waals surface area (Å²) in [6.07, 6.45) is 5.07. The summed E-state index contributed by atoms with van der Waals surface area (Å²) in [5.41, 5.74) is 1.96. The van der Waals surface area contributed by atoms with Crippen molar-refractivity contribution in [2.24, 2.45) is 0 Å². The number of benzene rings is 1. The van der Waals surface area contributed by atoms with Gasteiger partial charge in [0.2, 0.25) is 0 Å². The Morgan fingerprint density at radius 1 is 1.33 bits per heavy atom. The molecule has 0 unspecified atom stereocenters. The first-order valence-electron chi connectivity index (χ1n) is 3.97. The van der Waals surface area contributed by atoms with Gasteiger partial charge in [-0.3, -0.25) is 0 Å². The maximum Gasteiger partial charge on any atom is 0.0991 e. The molecule has 0 fully saturated rings. The van der Waals surface area contributed by atoms with Crippen LogP contribution in [0.3, 0.4) is 0 Å². The second-order valence-electron chi connectivity index (χ2n) is 2.58. The summed E-state index contributed by atoms with van der Waals surface area (Å²) in [5, 5.41) is 8.54. The van der Waals surface area contributed by atoms with E-state index in [-0.39, 0.29) is 0 Å².